The second kappa shape index (κ2) is 5.23. The van der Waals surface area contributed by atoms with Crippen molar-refractivity contribution < 1.29 is 4.79 Å². The fraction of sp³-hybridized carbons (Fsp3) is 0.952. The van der Waals surface area contributed by atoms with Crippen LogP contribution >= 0.6 is 0 Å². The van der Waals surface area contributed by atoms with Crippen molar-refractivity contribution in [2.75, 3.05) is 13.6 Å². The summed E-state index contributed by atoms with van der Waals surface area (Å²) in [4.78, 5) is 15.0. The fourth-order valence-corrected chi connectivity index (χ4v) is 8.08. The summed E-state index contributed by atoms with van der Waals surface area (Å²) in [7, 11) is 2.11. The van der Waals surface area contributed by atoms with Gasteiger partial charge in [0.2, 0.25) is 5.91 Å². The zero-order chi connectivity index (χ0) is 15.6. The minimum Gasteiger partial charge on any atom is -0.345 e. The van der Waals surface area contributed by atoms with Crippen LogP contribution in [-0.4, -0.2) is 24.4 Å². The zero-order valence-electron chi connectivity index (χ0n) is 14.8. The van der Waals surface area contributed by atoms with Crippen molar-refractivity contribution in [3.8, 4) is 0 Å². The van der Waals surface area contributed by atoms with Gasteiger partial charge in [-0.3, -0.25) is 4.79 Å². The molecule has 6 bridgehead atoms. The molecule has 0 radical (unpaired) electrons. The van der Waals surface area contributed by atoms with Gasteiger partial charge in [-0.1, -0.05) is 6.42 Å². The van der Waals surface area contributed by atoms with Crippen LogP contribution in [0.3, 0.4) is 0 Å². The molecule has 0 saturated heterocycles. The molecule has 0 N–H and O–H groups in total. The van der Waals surface area contributed by atoms with Crippen molar-refractivity contribution in [2.45, 2.75) is 70.6 Å². The summed E-state index contributed by atoms with van der Waals surface area (Å²) in [5.41, 5.74) is 0.508. The van der Waals surface area contributed by atoms with Crippen LogP contribution < -0.4 is 0 Å². The third-order valence-electron chi connectivity index (χ3n) is 8.48. The Kier molecular flexibility index (Phi) is 3.36. The third kappa shape index (κ3) is 2.55. The first-order valence-corrected chi connectivity index (χ1v) is 10.3. The molecule has 128 valence electrons. The summed E-state index contributed by atoms with van der Waals surface area (Å²) < 4.78 is 0. The molecule has 0 aliphatic heterocycles. The van der Waals surface area contributed by atoms with Crippen molar-refractivity contribution in [1.29, 1.82) is 0 Å². The van der Waals surface area contributed by atoms with Gasteiger partial charge in [0.05, 0.1) is 0 Å². The van der Waals surface area contributed by atoms with Gasteiger partial charge in [-0.15, -0.1) is 0 Å². The van der Waals surface area contributed by atoms with E-state index in [0.29, 0.717) is 11.3 Å². The van der Waals surface area contributed by atoms with Crippen molar-refractivity contribution in [1.82, 2.24) is 4.90 Å². The van der Waals surface area contributed by atoms with Crippen molar-refractivity contribution in [3.05, 3.63) is 0 Å². The first-order valence-electron chi connectivity index (χ1n) is 10.3. The van der Waals surface area contributed by atoms with E-state index >= 15 is 0 Å². The van der Waals surface area contributed by atoms with E-state index in [1.165, 1.54) is 64.2 Å². The van der Waals surface area contributed by atoms with Gasteiger partial charge in [0.1, 0.15) is 0 Å². The Labute approximate surface area is 141 Å². The predicted molar refractivity (Wildman–Crippen MR) is 91.8 cm³/mol. The van der Waals surface area contributed by atoms with Gasteiger partial charge in [-0.25, -0.2) is 0 Å². The lowest BCUT2D eigenvalue weighted by atomic mass is 9.49. The molecule has 0 spiro atoms. The van der Waals surface area contributed by atoms with Crippen molar-refractivity contribution in [2.24, 2.45) is 40.9 Å². The molecule has 2 nitrogen and oxygen atoms in total. The number of fused-ring (bicyclic) bond motifs is 2. The Hall–Kier alpha value is -0.530. The van der Waals surface area contributed by atoms with Crippen LogP contribution in [-0.2, 0) is 4.79 Å². The van der Waals surface area contributed by atoms with Crippen LogP contribution in [0.1, 0.15) is 70.6 Å². The second-order valence-corrected chi connectivity index (χ2v) is 10.3. The number of nitrogens with zero attached hydrogens (tertiary/aromatic N) is 1. The predicted octanol–water partition coefficient (Wildman–Crippen LogP) is 4.49. The van der Waals surface area contributed by atoms with Crippen molar-refractivity contribution >= 4 is 5.91 Å². The molecule has 6 fully saturated rings. The Bertz CT molecular complexity index is 463. The smallest absolute Gasteiger partial charge is 0.222 e. The monoisotopic (exact) mass is 315 g/mol. The molecule has 0 aromatic carbocycles. The van der Waals surface area contributed by atoms with E-state index in [0.717, 1.165) is 48.5 Å². The Morgan fingerprint density at radius 3 is 2.09 bits per heavy atom. The standard InChI is InChI=1S/C21H33NO/c1-22(20(23)9-19-8-14-2-3-18(19)7-14)13-21-10-15-4-16(11-21)6-17(5-15)12-21/h14-19H,2-13H2,1H3/t14-,15?,16?,17?,18-,19+,21?/m0/s1. The zero-order valence-corrected chi connectivity index (χ0v) is 14.8. The SMILES string of the molecule is CN(CC12CC3CC(CC(C3)C1)C2)C(=O)C[C@H]1C[C@H]2CC[C@H]1C2. The normalized spacial score (nSPS) is 49.8. The summed E-state index contributed by atoms with van der Waals surface area (Å²) >= 11 is 0. The summed E-state index contributed by atoms with van der Waals surface area (Å²) in [5, 5.41) is 0. The quantitative estimate of drug-likeness (QED) is 0.748. The number of carbonyl (C=O) groups excluding carboxylic acids is 1. The number of hydrogen-bond donors (Lipinski definition) is 0. The van der Waals surface area contributed by atoms with Gasteiger partial charge in [0, 0.05) is 20.0 Å². The lowest BCUT2D eigenvalue weighted by molar-refractivity contribution is -0.136. The molecule has 6 aliphatic carbocycles. The van der Waals surface area contributed by atoms with E-state index in [9.17, 15) is 4.79 Å². The molecule has 0 aromatic rings. The third-order valence-corrected chi connectivity index (χ3v) is 8.48. The van der Waals surface area contributed by atoms with Crippen LogP contribution in [0, 0.1) is 40.9 Å². The van der Waals surface area contributed by atoms with E-state index in [4.69, 9.17) is 0 Å². The highest BCUT2D eigenvalue weighted by Gasteiger charge is 2.51. The maximum atomic E-state index is 12.8. The molecule has 2 heteroatoms. The van der Waals surface area contributed by atoms with E-state index in [1.807, 2.05) is 0 Å². The maximum Gasteiger partial charge on any atom is 0.222 e. The summed E-state index contributed by atoms with van der Waals surface area (Å²) in [5.74, 6) is 6.02. The van der Waals surface area contributed by atoms with Crippen LogP contribution in [0.2, 0.25) is 0 Å². The van der Waals surface area contributed by atoms with Gasteiger partial charge < -0.3 is 4.90 Å². The fourth-order valence-electron chi connectivity index (χ4n) is 8.08. The van der Waals surface area contributed by atoms with Gasteiger partial charge in [0.15, 0.2) is 0 Å². The molecule has 0 heterocycles. The minimum absolute atomic E-state index is 0.457. The Morgan fingerprint density at radius 2 is 1.57 bits per heavy atom. The Morgan fingerprint density at radius 1 is 0.913 bits per heavy atom. The van der Waals surface area contributed by atoms with Gasteiger partial charge >= 0.3 is 0 Å². The highest BCUT2D eigenvalue weighted by atomic mass is 16.2. The van der Waals surface area contributed by atoms with E-state index in [-0.39, 0.29) is 0 Å². The van der Waals surface area contributed by atoms with Gasteiger partial charge in [0.25, 0.3) is 0 Å². The maximum absolute atomic E-state index is 12.8. The number of hydrogen-bond acceptors (Lipinski definition) is 1. The molecule has 6 rings (SSSR count). The molecule has 1 amide bonds. The van der Waals surface area contributed by atoms with E-state index in [2.05, 4.69) is 11.9 Å². The Balaban J connectivity index is 1.21. The van der Waals surface area contributed by atoms with Gasteiger partial charge in [-0.05, 0) is 98.7 Å². The first-order chi connectivity index (χ1) is 11.1. The highest BCUT2D eigenvalue weighted by molar-refractivity contribution is 5.76. The number of rotatable bonds is 4. The lowest BCUT2D eigenvalue weighted by Crippen LogP contribution is -2.51. The topological polar surface area (TPSA) is 20.3 Å². The first kappa shape index (κ1) is 14.8. The van der Waals surface area contributed by atoms with Gasteiger partial charge in [-0.2, -0.15) is 0 Å². The lowest BCUT2D eigenvalue weighted by Gasteiger charge is -2.57. The molecule has 23 heavy (non-hydrogen) atoms. The molecule has 0 aromatic heterocycles. The molecule has 6 aliphatic rings. The summed E-state index contributed by atoms with van der Waals surface area (Å²) in [6.07, 6.45) is 15.2. The van der Waals surface area contributed by atoms with Crippen molar-refractivity contribution in [3.63, 3.8) is 0 Å². The summed E-state index contributed by atoms with van der Waals surface area (Å²) in [6, 6.07) is 0. The van der Waals surface area contributed by atoms with Crippen LogP contribution in [0.25, 0.3) is 0 Å². The second-order valence-electron chi connectivity index (χ2n) is 10.3. The van der Waals surface area contributed by atoms with E-state index < -0.39 is 0 Å². The number of carbonyl (C=O) groups is 1. The minimum atomic E-state index is 0.457. The van der Waals surface area contributed by atoms with Crippen LogP contribution in [0.15, 0.2) is 0 Å². The molecule has 0 unspecified atom stereocenters. The number of amides is 1. The molecule has 6 saturated carbocycles. The van der Waals surface area contributed by atoms with Crippen LogP contribution in [0.5, 0.6) is 0 Å². The highest BCUT2D eigenvalue weighted by Crippen LogP contribution is 2.60. The van der Waals surface area contributed by atoms with E-state index in [1.54, 1.807) is 0 Å². The molecular formula is C21H33NO. The largest absolute Gasteiger partial charge is 0.345 e. The molecular weight excluding hydrogens is 282 g/mol. The molecule has 3 atom stereocenters. The summed E-state index contributed by atoms with van der Waals surface area (Å²) in [6.45, 7) is 1.07. The average Bonchev–Trinajstić information content (AvgIpc) is 3.07. The average molecular weight is 316 g/mol. The van der Waals surface area contributed by atoms with Crippen LogP contribution in [0.4, 0.5) is 0 Å².